The molecule has 3 rings (SSSR count). The molecule has 0 aromatic heterocycles. The van der Waals surface area contributed by atoms with Crippen molar-refractivity contribution in [3.8, 4) is 5.75 Å². The summed E-state index contributed by atoms with van der Waals surface area (Å²) in [6.07, 6.45) is 6.77. The topological polar surface area (TPSA) is 35.2 Å². The molecular weight excluding hydrogens is 282 g/mol. The first-order valence-electron chi connectivity index (χ1n) is 8.83. The van der Waals surface area contributed by atoms with Crippen LogP contribution in [0.25, 0.3) is 0 Å². The van der Waals surface area contributed by atoms with Gasteiger partial charge in [0.25, 0.3) is 0 Å². The lowest BCUT2D eigenvalue weighted by Crippen LogP contribution is -2.23. The molecular formula is C21H27NO. The standard InChI is InChI=1S/C21H27NO/c22-15-21(18-9-5-2-6-10-18)19-11-13-20(14-12-19)23-16-17-7-3-1-4-8-17/h1,3-4,7-8,11-14,18,21H,2,5-6,9-10,15-16,22H2. The summed E-state index contributed by atoms with van der Waals surface area (Å²) in [7, 11) is 0. The van der Waals surface area contributed by atoms with E-state index >= 15 is 0 Å². The Morgan fingerprint density at radius 3 is 2.26 bits per heavy atom. The summed E-state index contributed by atoms with van der Waals surface area (Å²) in [6, 6.07) is 18.8. The van der Waals surface area contributed by atoms with Crippen LogP contribution in [0.3, 0.4) is 0 Å². The highest BCUT2D eigenvalue weighted by atomic mass is 16.5. The molecule has 0 amide bonds. The molecule has 0 spiro atoms. The summed E-state index contributed by atoms with van der Waals surface area (Å²) < 4.78 is 5.87. The maximum atomic E-state index is 6.08. The minimum Gasteiger partial charge on any atom is -0.489 e. The van der Waals surface area contributed by atoms with Crippen LogP contribution < -0.4 is 10.5 Å². The first kappa shape index (κ1) is 16.1. The SMILES string of the molecule is NCC(c1ccc(OCc2ccccc2)cc1)C1CCCCC1. The molecule has 1 atom stereocenters. The van der Waals surface area contributed by atoms with Crippen molar-refractivity contribution in [2.75, 3.05) is 6.54 Å². The van der Waals surface area contributed by atoms with E-state index < -0.39 is 0 Å². The van der Waals surface area contributed by atoms with Gasteiger partial charge >= 0.3 is 0 Å². The second-order valence-electron chi connectivity index (χ2n) is 6.58. The third-order valence-corrected chi connectivity index (χ3v) is 5.03. The highest BCUT2D eigenvalue weighted by Crippen LogP contribution is 2.35. The molecule has 1 fully saturated rings. The number of benzene rings is 2. The van der Waals surface area contributed by atoms with Gasteiger partial charge in [-0.2, -0.15) is 0 Å². The lowest BCUT2D eigenvalue weighted by atomic mass is 9.77. The maximum Gasteiger partial charge on any atom is 0.119 e. The smallest absolute Gasteiger partial charge is 0.119 e. The van der Waals surface area contributed by atoms with Crippen LogP contribution in [0.15, 0.2) is 54.6 Å². The average Bonchev–Trinajstić information content (AvgIpc) is 2.63. The fourth-order valence-corrected chi connectivity index (χ4v) is 3.69. The number of rotatable bonds is 6. The molecule has 23 heavy (non-hydrogen) atoms. The van der Waals surface area contributed by atoms with E-state index in [2.05, 4.69) is 36.4 Å². The van der Waals surface area contributed by atoms with Crippen LogP contribution in [-0.2, 0) is 6.61 Å². The number of ether oxygens (including phenoxy) is 1. The Bertz CT molecular complexity index is 573. The van der Waals surface area contributed by atoms with E-state index in [1.165, 1.54) is 43.2 Å². The first-order chi connectivity index (χ1) is 11.4. The Balaban J connectivity index is 1.61. The van der Waals surface area contributed by atoms with E-state index in [9.17, 15) is 0 Å². The molecule has 2 nitrogen and oxygen atoms in total. The summed E-state index contributed by atoms with van der Waals surface area (Å²) in [5.74, 6) is 2.18. The Labute approximate surface area is 139 Å². The Morgan fingerprint density at radius 1 is 0.913 bits per heavy atom. The van der Waals surface area contributed by atoms with Gasteiger partial charge in [-0.05, 0) is 54.5 Å². The average molecular weight is 309 g/mol. The van der Waals surface area contributed by atoms with Crippen molar-refractivity contribution in [3.05, 3.63) is 65.7 Å². The Kier molecular flexibility index (Phi) is 5.71. The zero-order valence-electron chi connectivity index (χ0n) is 13.8. The normalized spacial score (nSPS) is 16.9. The molecule has 0 aliphatic heterocycles. The molecule has 0 saturated heterocycles. The third-order valence-electron chi connectivity index (χ3n) is 5.03. The lowest BCUT2D eigenvalue weighted by Gasteiger charge is -2.29. The van der Waals surface area contributed by atoms with Gasteiger partial charge in [-0.1, -0.05) is 61.7 Å². The van der Waals surface area contributed by atoms with Crippen molar-refractivity contribution < 1.29 is 4.74 Å². The predicted molar refractivity (Wildman–Crippen MR) is 95.6 cm³/mol. The summed E-state index contributed by atoms with van der Waals surface area (Å²) in [5.41, 5.74) is 8.64. The van der Waals surface area contributed by atoms with E-state index in [0.717, 1.165) is 18.2 Å². The quantitative estimate of drug-likeness (QED) is 0.824. The molecule has 0 heterocycles. The van der Waals surface area contributed by atoms with Crippen molar-refractivity contribution in [1.82, 2.24) is 0 Å². The van der Waals surface area contributed by atoms with Crippen LogP contribution in [0, 0.1) is 5.92 Å². The summed E-state index contributed by atoms with van der Waals surface area (Å²) in [6.45, 7) is 1.36. The lowest BCUT2D eigenvalue weighted by molar-refractivity contribution is 0.302. The van der Waals surface area contributed by atoms with Gasteiger partial charge in [0.05, 0.1) is 0 Å². The molecule has 2 aromatic carbocycles. The molecule has 122 valence electrons. The second kappa shape index (κ2) is 8.16. The highest BCUT2D eigenvalue weighted by Gasteiger charge is 2.23. The monoisotopic (exact) mass is 309 g/mol. The van der Waals surface area contributed by atoms with Gasteiger partial charge in [-0.15, -0.1) is 0 Å². The Morgan fingerprint density at radius 2 is 1.61 bits per heavy atom. The summed E-state index contributed by atoms with van der Waals surface area (Å²) >= 11 is 0. The Hall–Kier alpha value is -1.80. The largest absolute Gasteiger partial charge is 0.489 e. The van der Waals surface area contributed by atoms with Crippen molar-refractivity contribution in [1.29, 1.82) is 0 Å². The summed E-state index contributed by atoms with van der Waals surface area (Å²) in [4.78, 5) is 0. The van der Waals surface area contributed by atoms with E-state index in [1.54, 1.807) is 0 Å². The van der Waals surface area contributed by atoms with Crippen molar-refractivity contribution in [2.24, 2.45) is 11.7 Å². The van der Waals surface area contributed by atoms with Crippen molar-refractivity contribution >= 4 is 0 Å². The van der Waals surface area contributed by atoms with Crippen LogP contribution in [0.5, 0.6) is 5.75 Å². The van der Waals surface area contributed by atoms with Crippen LogP contribution in [0.4, 0.5) is 0 Å². The number of nitrogens with two attached hydrogens (primary N) is 1. The van der Waals surface area contributed by atoms with Gasteiger partial charge in [0.15, 0.2) is 0 Å². The van der Waals surface area contributed by atoms with E-state index in [0.29, 0.717) is 12.5 Å². The molecule has 0 bridgehead atoms. The molecule has 2 N–H and O–H groups in total. The molecule has 2 heteroatoms. The van der Waals surface area contributed by atoms with Gasteiger partial charge in [-0.25, -0.2) is 0 Å². The second-order valence-corrected chi connectivity index (χ2v) is 6.58. The number of hydrogen-bond donors (Lipinski definition) is 1. The van der Waals surface area contributed by atoms with Gasteiger partial charge in [0, 0.05) is 0 Å². The van der Waals surface area contributed by atoms with Crippen molar-refractivity contribution in [3.63, 3.8) is 0 Å². The predicted octanol–water partition coefficient (Wildman–Crippen LogP) is 4.89. The van der Waals surface area contributed by atoms with Crippen LogP contribution >= 0.6 is 0 Å². The maximum absolute atomic E-state index is 6.08. The fourth-order valence-electron chi connectivity index (χ4n) is 3.69. The molecule has 1 unspecified atom stereocenters. The van der Waals surface area contributed by atoms with E-state index in [4.69, 9.17) is 10.5 Å². The molecule has 2 aromatic rings. The molecule has 1 saturated carbocycles. The molecule has 1 aliphatic carbocycles. The summed E-state index contributed by atoms with van der Waals surface area (Å²) in [5, 5.41) is 0. The minimum atomic E-state index is 0.499. The van der Waals surface area contributed by atoms with E-state index in [-0.39, 0.29) is 0 Å². The minimum absolute atomic E-state index is 0.499. The van der Waals surface area contributed by atoms with Gasteiger partial charge in [0.1, 0.15) is 12.4 Å². The van der Waals surface area contributed by atoms with E-state index in [1.807, 2.05) is 18.2 Å². The third kappa shape index (κ3) is 4.35. The van der Waals surface area contributed by atoms with Gasteiger partial charge in [-0.3, -0.25) is 0 Å². The first-order valence-corrected chi connectivity index (χ1v) is 8.83. The van der Waals surface area contributed by atoms with Gasteiger partial charge in [0.2, 0.25) is 0 Å². The van der Waals surface area contributed by atoms with Crippen LogP contribution in [0.1, 0.15) is 49.1 Å². The van der Waals surface area contributed by atoms with Crippen LogP contribution in [0.2, 0.25) is 0 Å². The zero-order valence-corrected chi connectivity index (χ0v) is 13.8. The zero-order chi connectivity index (χ0) is 15.9. The highest BCUT2D eigenvalue weighted by molar-refractivity contribution is 5.30. The van der Waals surface area contributed by atoms with Crippen LogP contribution in [-0.4, -0.2) is 6.54 Å². The number of hydrogen-bond acceptors (Lipinski definition) is 2. The van der Waals surface area contributed by atoms with Crippen molar-refractivity contribution in [2.45, 2.75) is 44.6 Å². The van der Waals surface area contributed by atoms with Gasteiger partial charge < -0.3 is 10.5 Å². The molecule has 0 radical (unpaired) electrons. The fraction of sp³-hybridized carbons (Fsp3) is 0.429. The molecule has 1 aliphatic rings.